The first-order valence-electron chi connectivity index (χ1n) is 3.77. The molecule has 0 aromatic rings. The molecule has 1 aliphatic heterocycles. The maximum Gasteiger partial charge on any atom is 0.169 e. The molecule has 1 fully saturated rings. The molecule has 1 rings (SSSR count). The minimum absolute atomic E-state index is 0.107. The molecule has 11 heavy (non-hydrogen) atoms. The van der Waals surface area contributed by atoms with Crippen molar-refractivity contribution < 1.29 is 14.2 Å². The van der Waals surface area contributed by atoms with Gasteiger partial charge in [0.1, 0.15) is 6.23 Å². The van der Waals surface area contributed by atoms with Gasteiger partial charge in [-0.15, -0.1) is 0 Å². The second-order valence-corrected chi connectivity index (χ2v) is 2.46. The van der Waals surface area contributed by atoms with Crippen molar-refractivity contribution in [1.29, 1.82) is 0 Å². The largest absolute Gasteiger partial charge is 0.367 e. The molecule has 0 aliphatic carbocycles. The van der Waals surface area contributed by atoms with E-state index in [1.54, 1.807) is 14.2 Å². The van der Waals surface area contributed by atoms with Crippen LogP contribution in [-0.4, -0.2) is 39.9 Å². The molecule has 4 nitrogen and oxygen atoms in total. The van der Waals surface area contributed by atoms with E-state index in [2.05, 4.69) is 5.32 Å². The lowest BCUT2D eigenvalue weighted by molar-refractivity contribution is -0.113. The summed E-state index contributed by atoms with van der Waals surface area (Å²) in [5, 5.41) is 3.16. The number of hydrogen-bond acceptors (Lipinski definition) is 4. The van der Waals surface area contributed by atoms with E-state index in [9.17, 15) is 0 Å². The summed E-state index contributed by atoms with van der Waals surface area (Å²) in [5.74, 6) is 0. The Morgan fingerprint density at radius 3 is 2.82 bits per heavy atom. The van der Waals surface area contributed by atoms with E-state index in [0.29, 0.717) is 13.2 Å². The molecule has 1 heterocycles. The zero-order valence-electron chi connectivity index (χ0n) is 7.00. The molecule has 0 bridgehead atoms. The van der Waals surface area contributed by atoms with Crippen molar-refractivity contribution >= 4 is 0 Å². The van der Waals surface area contributed by atoms with Crippen molar-refractivity contribution in [2.75, 3.05) is 27.4 Å². The number of hydrogen-bond donors (Lipinski definition) is 1. The minimum Gasteiger partial charge on any atom is -0.367 e. The van der Waals surface area contributed by atoms with Gasteiger partial charge in [0.15, 0.2) is 6.29 Å². The first-order chi connectivity index (χ1) is 5.36. The maximum atomic E-state index is 5.32. The highest BCUT2D eigenvalue weighted by Gasteiger charge is 2.16. The molecule has 0 aromatic carbocycles. The second-order valence-electron chi connectivity index (χ2n) is 2.46. The summed E-state index contributed by atoms with van der Waals surface area (Å²) < 4.78 is 15.5. The number of rotatable bonds is 2. The molecule has 0 saturated carbocycles. The summed E-state index contributed by atoms with van der Waals surface area (Å²) in [6, 6.07) is 0. The molecule has 1 saturated heterocycles. The molecule has 0 radical (unpaired) electrons. The van der Waals surface area contributed by atoms with Crippen LogP contribution < -0.4 is 5.32 Å². The van der Waals surface area contributed by atoms with Crippen LogP contribution in [0.3, 0.4) is 0 Å². The van der Waals surface area contributed by atoms with Crippen LogP contribution in [0.5, 0.6) is 0 Å². The first-order valence-corrected chi connectivity index (χ1v) is 3.77. The van der Waals surface area contributed by atoms with Crippen LogP contribution in [0.25, 0.3) is 0 Å². The Morgan fingerprint density at radius 2 is 2.18 bits per heavy atom. The summed E-state index contributed by atoms with van der Waals surface area (Å²) in [7, 11) is 3.32. The Labute approximate surface area is 66.8 Å². The van der Waals surface area contributed by atoms with Gasteiger partial charge in [-0.1, -0.05) is 0 Å². The quantitative estimate of drug-likeness (QED) is 0.616. The van der Waals surface area contributed by atoms with Gasteiger partial charge in [-0.05, 0) is 0 Å². The van der Waals surface area contributed by atoms with Crippen LogP contribution in [0.2, 0.25) is 0 Å². The summed E-state index contributed by atoms with van der Waals surface area (Å²) in [5.41, 5.74) is 0. The highest BCUT2D eigenvalue weighted by molar-refractivity contribution is 4.61. The Balaban J connectivity index is 2.27. The van der Waals surface area contributed by atoms with Crippen LogP contribution >= 0.6 is 0 Å². The average Bonchev–Trinajstić information content (AvgIpc) is 2.28. The highest BCUT2D eigenvalue weighted by Crippen LogP contribution is 2.03. The molecular formula is C7H15NO3. The van der Waals surface area contributed by atoms with E-state index in [1.807, 2.05) is 0 Å². The maximum absolute atomic E-state index is 5.32. The van der Waals surface area contributed by atoms with Crippen LogP contribution in [0.15, 0.2) is 0 Å². The van der Waals surface area contributed by atoms with Crippen molar-refractivity contribution in [3.63, 3.8) is 0 Å². The van der Waals surface area contributed by atoms with E-state index < -0.39 is 0 Å². The van der Waals surface area contributed by atoms with Gasteiger partial charge in [0.25, 0.3) is 0 Å². The predicted molar refractivity (Wildman–Crippen MR) is 40.2 cm³/mol. The van der Waals surface area contributed by atoms with E-state index in [1.165, 1.54) is 0 Å². The third-order valence-corrected chi connectivity index (χ3v) is 1.74. The minimum atomic E-state index is -0.129. The van der Waals surface area contributed by atoms with Gasteiger partial charge in [0.05, 0.1) is 6.61 Å². The molecule has 0 spiro atoms. The average molecular weight is 161 g/mol. The van der Waals surface area contributed by atoms with Crippen LogP contribution in [0.1, 0.15) is 6.42 Å². The fraction of sp³-hybridized carbons (Fsp3) is 1.00. The van der Waals surface area contributed by atoms with E-state index >= 15 is 0 Å². The zero-order chi connectivity index (χ0) is 8.10. The topological polar surface area (TPSA) is 39.7 Å². The number of ether oxygens (including phenoxy) is 3. The molecule has 1 aliphatic rings. The third-order valence-electron chi connectivity index (χ3n) is 1.74. The van der Waals surface area contributed by atoms with Gasteiger partial charge < -0.3 is 14.2 Å². The fourth-order valence-corrected chi connectivity index (χ4v) is 1.05. The molecule has 2 unspecified atom stereocenters. The normalized spacial score (nSPS) is 33.3. The van der Waals surface area contributed by atoms with Gasteiger partial charge >= 0.3 is 0 Å². The van der Waals surface area contributed by atoms with Gasteiger partial charge in [0, 0.05) is 27.2 Å². The molecular weight excluding hydrogens is 146 g/mol. The van der Waals surface area contributed by atoms with Crippen molar-refractivity contribution in [2.45, 2.75) is 18.9 Å². The van der Waals surface area contributed by atoms with Crippen molar-refractivity contribution in [3.8, 4) is 0 Å². The first kappa shape index (κ1) is 8.93. The van der Waals surface area contributed by atoms with Crippen molar-refractivity contribution in [3.05, 3.63) is 0 Å². The summed E-state index contributed by atoms with van der Waals surface area (Å²) in [6.07, 6.45) is 0.849. The SMILES string of the molecule is COC1CCOC(OC)CN1. The number of methoxy groups -OCH3 is 2. The van der Waals surface area contributed by atoms with Crippen LogP contribution in [0, 0.1) is 0 Å². The smallest absolute Gasteiger partial charge is 0.169 e. The fourth-order valence-electron chi connectivity index (χ4n) is 1.05. The zero-order valence-corrected chi connectivity index (χ0v) is 7.00. The third kappa shape index (κ3) is 2.75. The molecule has 0 amide bonds. The molecule has 0 aromatic heterocycles. The monoisotopic (exact) mass is 161 g/mol. The second kappa shape index (κ2) is 4.66. The van der Waals surface area contributed by atoms with Gasteiger partial charge in [-0.3, -0.25) is 5.32 Å². The highest BCUT2D eigenvalue weighted by atomic mass is 16.7. The van der Waals surface area contributed by atoms with Gasteiger partial charge in [0.2, 0.25) is 0 Å². The lowest BCUT2D eigenvalue weighted by Crippen LogP contribution is -2.34. The van der Waals surface area contributed by atoms with E-state index in [4.69, 9.17) is 14.2 Å². The van der Waals surface area contributed by atoms with Gasteiger partial charge in [-0.25, -0.2) is 0 Å². The summed E-state index contributed by atoms with van der Waals surface area (Å²) in [4.78, 5) is 0. The Bertz CT molecular complexity index is 97.9. The molecule has 2 atom stereocenters. The van der Waals surface area contributed by atoms with E-state index in [-0.39, 0.29) is 12.5 Å². The Morgan fingerprint density at radius 1 is 1.36 bits per heavy atom. The summed E-state index contributed by atoms with van der Waals surface area (Å²) in [6.45, 7) is 1.37. The van der Waals surface area contributed by atoms with Gasteiger partial charge in [-0.2, -0.15) is 0 Å². The molecule has 1 N–H and O–H groups in total. The molecule has 4 heteroatoms. The lowest BCUT2D eigenvalue weighted by atomic mass is 10.4. The lowest BCUT2D eigenvalue weighted by Gasteiger charge is -2.13. The van der Waals surface area contributed by atoms with Crippen molar-refractivity contribution in [2.24, 2.45) is 0 Å². The predicted octanol–water partition coefficient (Wildman–Crippen LogP) is -0.0587. The number of nitrogens with one attached hydrogen (secondary N) is 1. The summed E-state index contributed by atoms with van der Waals surface area (Å²) >= 11 is 0. The van der Waals surface area contributed by atoms with Crippen molar-refractivity contribution in [1.82, 2.24) is 5.32 Å². The Hall–Kier alpha value is -0.160. The van der Waals surface area contributed by atoms with Crippen LogP contribution in [-0.2, 0) is 14.2 Å². The molecule has 66 valence electrons. The van der Waals surface area contributed by atoms with Crippen LogP contribution in [0.4, 0.5) is 0 Å². The standard InChI is InChI=1S/C7H15NO3/c1-9-6-3-4-11-7(10-2)5-8-6/h6-8H,3-5H2,1-2H3. The Kier molecular flexibility index (Phi) is 3.79. The van der Waals surface area contributed by atoms with E-state index in [0.717, 1.165) is 6.42 Å².